The first-order valence-corrected chi connectivity index (χ1v) is 6.37. The van der Waals surface area contributed by atoms with Gasteiger partial charge in [0.15, 0.2) is 5.78 Å². The van der Waals surface area contributed by atoms with Crippen molar-refractivity contribution < 1.29 is 4.79 Å². The Kier molecular flexibility index (Phi) is 3.75. The number of carbonyl (C=O) groups is 1. The van der Waals surface area contributed by atoms with Gasteiger partial charge in [-0.3, -0.25) is 4.79 Å². The van der Waals surface area contributed by atoms with Gasteiger partial charge in [0.25, 0.3) is 0 Å². The fraction of sp³-hybridized carbons (Fsp3) is 0.154. The van der Waals surface area contributed by atoms with Crippen molar-refractivity contribution in [1.82, 2.24) is 0 Å². The average molecular weight is 251 g/mol. The summed E-state index contributed by atoms with van der Waals surface area (Å²) in [6.07, 6.45) is 1.34. The number of halogens is 1. The summed E-state index contributed by atoms with van der Waals surface area (Å²) < 4.78 is 0. The van der Waals surface area contributed by atoms with Crippen molar-refractivity contribution in [1.29, 1.82) is 0 Å². The maximum Gasteiger partial charge on any atom is 0.163 e. The third kappa shape index (κ3) is 2.94. The molecule has 0 spiro atoms. The minimum absolute atomic E-state index is 0.147. The molecule has 0 amide bonds. The number of aryl methyl sites for hydroxylation is 1. The maximum atomic E-state index is 11.8. The predicted octanol–water partition coefficient (Wildman–Crippen LogP) is 4.22. The summed E-state index contributed by atoms with van der Waals surface area (Å²) in [6, 6.07) is 9.16. The molecule has 2 aromatic rings. The molecular formula is C13H11ClOS. The van der Waals surface area contributed by atoms with Crippen molar-refractivity contribution >= 4 is 28.7 Å². The molecule has 1 aromatic heterocycles. The van der Waals surface area contributed by atoms with Gasteiger partial charge < -0.3 is 0 Å². The molecule has 1 aromatic carbocycles. The highest BCUT2D eigenvalue weighted by Gasteiger charge is 2.06. The Morgan fingerprint density at radius 3 is 2.88 bits per heavy atom. The van der Waals surface area contributed by atoms with E-state index in [-0.39, 0.29) is 5.78 Å². The van der Waals surface area contributed by atoms with E-state index in [0.29, 0.717) is 17.0 Å². The van der Waals surface area contributed by atoms with Gasteiger partial charge in [0.05, 0.1) is 0 Å². The zero-order valence-corrected chi connectivity index (χ0v) is 10.2. The highest BCUT2D eigenvalue weighted by Crippen LogP contribution is 2.14. The van der Waals surface area contributed by atoms with Gasteiger partial charge in [-0.25, -0.2) is 0 Å². The van der Waals surface area contributed by atoms with Crippen LogP contribution in [0.3, 0.4) is 0 Å². The van der Waals surface area contributed by atoms with E-state index in [4.69, 9.17) is 11.6 Å². The molecule has 1 heterocycles. The van der Waals surface area contributed by atoms with Gasteiger partial charge in [-0.2, -0.15) is 11.3 Å². The Balaban J connectivity index is 1.98. The van der Waals surface area contributed by atoms with Crippen molar-refractivity contribution in [2.45, 2.75) is 12.8 Å². The summed E-state index contributed by atoms with van der Waals surface area (Å²) in [5.74, 6) is 0.147. The molecule has 1 nitrogen and oxygen atoms in total. The third-order valence-electron chi connectivity index (χ3n) is 2.37. The number of ketones is 1. The van der Waals surface area contributed by atoms with E-state index < -0.39 is 0 Å². The van der Waals surface area contributed by atoms with Crippen LogP contribution < -0.4 is 0 Å². The van der Waals surface area contributed by atoms with Crippen LogP contribution in [0.4, 0.5) is 0 Å². The highest BCUT2D eigenvalue weighted by atomic mass is 35.5. The van der Waals surface area contributed by atoms with E-state index in [0.717, 1.165) is 6.42 Å². The summed E-state index contributed by atoms with van der Waals surface area (Å²) in [6.45, 7) is 0. The molecule has 0 aliphatic heterocycles. The summed E-state index contributed by atoms with van der Waals surface area (Å²) in [7, 11) is 0. The van der Waals surface area contributed by atoms with E-state index in [1.807, 2.05) is 11.4 Å². The fourth-order valence-electron chi connectivity index (χ4n) is 1.50. The number of thiophene rings is 1. The minimum atomic E-state index is 0.147. The minimum Gasteiger partial charge on any atom is -0.294 e. The van der Waals surface area contributed by atoms with Crippen molar-refractivity contribution in [2.75, 3.05) is 0 Å². The standard InChI is InChI=1S/C13H11ClOS/c14-12-3-1-2-11(8-12)13(15)5-4-10-6-7-16-9-10/h1-3,6-9H,4-5H2. The normalized spacial score (nSPS) is 10.3. The van der Waals surface area contributed by atoms with Crippen molar-refractivity contribution in [3.63, 3.8) is 0 Å². The topological polar surface area (TPSA) is 17.1 Å². The summed E-state index contributed by atoms with van der Waals surface area (Å²) in [4.78, 5) is 11.8. The number of rotatable bonds is 4. The molecular weight excluding hydrogens is 240 g/mol. The van der Waals surface area contributed by atoms with Gasteiger partial charge in [0, 0.05) is 17.0 Å². The second kappa shape index (κ2) is 5.28. The second-order valence-electron chi connectivity index (χ2n) is 3.57. The Hall–Kier alpha value is -1.12. The Bertz CT molecular complexity index is 476. The van der Waals surface area contributed by atoms with Gasteiger partial charge >= 0.3 is 0 Å². The van der Waals surface area contributed by atoms with E-state index in [2.05, 4.69) is 11.4 Å². The molecule has 0 saturated heterocycles. The number of Topliss-reactive ketones (excluding diaryl/α,β-unsaturated/α-hetero) is 1. The lowest BCUT2D eigenvalue weighted by Gasteiger charge is -2.00. The molecule has 0 saturated carbocycles. The third-order valence-corrected chi connectivity index (χ3v) is 3.33. The Morgan fingerprint density at radius 1 is 1.31 bits per heavy atom. The Morgan fingerprint density at radius 2 is 2.19 bits per heavy atom. The van der Waals surface area contributed by atoms with Crippen LogP contribution in [0.25, 0.3) is 0 Å². The van der Waals surface area contributed by atoms with Gasteiger partial charge in [0.2, 0.25) is 0 Å². The predicted molar refractivity (Wildman–Crippen MR) is 68.4 cm³/mol. The molecule has 0 radical (unpaired) electrons. The molecule has 0 aliphatic carbocycles. The van der Waals surface area contributed by atoms with Crippen LogP contribution in [0.5, 0.6) is 0 Å². The molecule has 0 fully saturated rings. The van der Waals surface area contributed by atoms with Crippen LogP contribution in [-0.2, 0) is 6.42 Å². The zero-order valence-electron chi connectivity index (χ0n) is 8.65. The van der Waals surface area contributed by atoms with Gasteiger partial charge in [-0.15, -0.1) is 0 Å². The number of hydrogen-bond donors (Lipinski definition) is 0. The van der Waals surface area contributed by atoms with Gasteiger partial charge in [-0.05, 0) is 40.9 Å². The molecule has 16 heavy (non-hydrogen) atoms. The lowest BCUT2D eigenvalue weighted by molar-refractivity contribution is 0.0983. The summed E-state index contributed by atoms with van der Waals surface area (Å²) in [5.41, 5.74) is 1.92. The van der Waals surface area contributed by atoms with Crippen LogP contribution in [0.1, 0.15) is 22.3 Å². The average Bonchev–Trinajstić information content (AvgIpc) is 2.78. The quantitative estimate of drug-likeness (QED) is 0.743. The maximum absolute atomic E-state index is 11.8. The second-order valence-corrected chi connectivity index (χ2v) is 4.78. The molecule has 0 aliphatic rings. The first-order valence-electron chi connectivity index (χ1n) is 5.05. The van der Waals surface area contributed by atoms with E-state index in [1.54, 1.807) is 29.5 Å². The Labute approximate surface area is 104 Å². The van der Waals surface area contributed by atoms with Crippen LogP contribution in [0, 0.1) is 0 Å². The van der Waals surface area contributed by atoms with E-state index >= 15 is 0 Å². The smallest absolute Gasteiger partial charge is 0.163 e. The SMILES string of the molecule is O=C(CCc1ccsc1)c1cccc(Cl)c1. The summed E-state index contributed by atoms with van der Waals surface area (Å²) >= 11 is 7.50. The van der Waals surface area contributed by atoms with Crippen molar-refractivity contribution in [2.24, 2.45) is 0 Å². The zero-order chi connectivity index (χ0) is 11.4. The van der Waals surface area contributed by atoms with Gasteiger partial charge in [0.1, 0.15) is 0 Å². The van der Waals surface area contributed by atoms with Crippen molar-refractivity contribution in [3.8, 4) is 0 Å². The lowest BCUT2D eigenvalue weighted by atomic mass is 10.0. The first-order chi connectivity index (χ1) is 7.75. The lowest BCUT2D eigenvalue weighted by Crippen LogP contribution is -2.00. The van der Waals surface area contributed by atoms with Crippen LogP contribution in [0.15, 0.2) is 41.1 Å². The fourth-order valence-corrected chi connectivity index (χ4v) is 2.39. The van der Waals surface area contributed by atoms with Crippen LogP contribution in [-0.4, -0.2) is 5.78 Å². The molecule has 0 unspecified atom stereocenters. The molecule has 0 atom stereocenters. The molecule has 3 heteroatoms. The van der Waals surface area contributed by atoms with Crippen molar-refractivity contribution in [3.05, 3.63) is 57.2 Å². The van der Waals surface area contributed by atoms with E-state index in [1.165, 1.54) is 5.56 Å². The molecule has 82 valence electrons. The van der Waals surface area contributed by atoms with Crippen LogP contribution >= 0.6 is 22.9 Å². The molecule has 2 rings (SSSR count). The van der Waals surface area contributed by atoms with Crippen LogP contribution in [0.2, 0.25) is 5.02 Å². The largest absolute Gasteiger partial charge is 0.294 e. The number of carbonyl (C=O) groups excluding carboxylic acids is 1. The monoisotopic (exact) mass is 250 g/mol. The number of hydrogen-bond acceptors (Lipinski definition) is 2. The highest BCUT2D eigenvalue weighted by molar-refractivity contribution is 7.07. The molecule has 0 N–H and O–H groups in total. The molecule has 0 bridgehead atoms. The van der Waals surface area contributed by atoms with E-state index in [9.17, 15) is 4.79 Å². The summed E-state index contributed by atoms with van der Waals surface area (Å²) in [5, 5.41) is 4.71. The first kappa shape index (κ1) is 11.4. The van der Waals surface area contributed by atoms with Gasteiger partial charge in [-0.1, -0.05) is 23.7 Å². The number of benzene rings is 1.